The van der Waals surface area contributed by atoms with Crippen LogP contribution in [0, 0.1) is 0 Å². The summed E-state index contributed by atoms with van der Waals surface area (Å²) in [5.41, 5.74) is 2.40. The molecule has 0 saturated carbocycles. The zero-order chi connectivity index (χ0) is 17.8. The lowest BCUT2D eigenvalue weighted by Crippen LogP contribution is -2.29. The Morgan fingerprint density at radius 3 is 2.58 bits per heavy atom. The standard InChI is InChI=1S/C20H21N5O/c26-20(17-7-2-3-8-18(17)25-14-6-11-22-25)23-19-10-9-16(15-21-19)24-12-4-1-5-13-24/h2-3,6-11,14-15H,1,4-5,12-13H2,(H,21,23,26). The van der Waals surface area contributed by atoms with Gasteiger partial charge in [0.15, 0.2) is 0 Å². The number of carbonyl (C=O) groups is 1. The second-order valence-corrected chi connectivity index (χ2v) is 6.37. The van der Waals surface area contributed by atoms with E-state index in [9.17, 15) is 4.79 Å². The summed E-state index contributed by atoms with van der Waals surface area (Å²) in [6, 6.07) is 13.1. The van der Waals surface area contributed by atoms with E-state index >= 15 is 0 Å². The smallest absolute Gasteiger partial charge is 0.259 e. The second kappa shape index (κ2) is 7.39. The molecule has 6 nitrogen and oxygen atoms in total. The van der Waals surface area contributed by atoms with Gasteiger partial charge in [-0.3, -0.25) is 4.79 Å². The predicted molar refractivity (Wildman–Crippen MR) is 102 cm³/mol. The van der Waals surface area contributed by atoms with Crippen molar-refractivity contribution in [3.05, 3.63) is 66.6 Å². The lowest BCUT2D eigenvalue weighted by Gasteiger charge is -2.28. The van der Waals surface area contributed by atoms with Gasteiger partial charge in [0.1, 0.15) is 5.82 Å². The van der Waals surface area contributed by atoms with E-state index in [-0.39, 0.29) is 5.91 Å². The lowest BCUT2D eigenvalue weighted by molar-refractivity contribution is 0.102. The van der Waals surface area contributed by atoms with Gasteiger partial charge in [0.05, 0.1) is 23.1 Å². The maximum absolute atomic E-state index is 12.7. The van der Waals surface area contributed by atoms with Crippen molar-refractivity contribution in [2.45, 2.75) is 19.3 Å². The molecular formula is C20H21N5O. The van der Waals surface area contributed by atoms with Crippen molar-refractivity contribution < 1.29 is 4.79 Å². The maximum atomic E-state index is 12.7. The SMILES string of the molecule is O=C(Nc1ccc(N2CCCCC2)cn1)c1ccccc1-n1cccn1. The van der Waals surface area contributed by atoms with Crippen LogP contribution in [0.15, 0.2) is 61.1 Å². The monoisotopic (exact) mass is 347 g/mol. The zero-order valence-corrected chi connectivity index (χ0v) is 14.5. The molecule has 0 bridgehead atoms. The van der Waals surface area contributed by atoms with Crippen LogP contribution in [0.25, 0.3) is 5.69 Å². The van der Waals surface area contributed by atoms with E-state index < -0.39 is 0 Å². The Bertz CT molecular complexity index is 867. The van der Waals surface area contributed by atoms with Crippen LogP contribution < -0.4 is 10.2 Å². The molecule has 4 rings (SSSR count). The Morgan fingerprint density at radius 1 is 1.00 bits per heavy atom. The zero-order valence-electron chi connectivity index (χ0n) is 14.5. The molecule has 0 atom stereocenters. The van der Waals surface area contributed by atoms with Gasteiger partial charge in [0, 0.05) is 25.5 Å². The van der Waals surface area contributed by atoms with Crippen molar-refractivity contribution in [2.75, 3.05) is 23.3 Å². The van der Waals surface area contributed by atoms with Gasteiger partial charge >= 0.3 is 0 Å². The molecule has 1 amide bonds. The van der Waals surface area contributed by atoms with E-state index in [1.807, 2.05) is 48.8 Å². The van der Waals surface area contributed by atoms with Crippen molar-refractivity contribution in [1.29, 1.82) is 0 Å². The Balaban J connectivity index is 1.50. The fraction of sp³-hybridized carbons (Fsp3) is 0.250. The summed E-state index contributed by atoms with van der Waals surface area (Å²) in [6.07, 6.45) is 9.09. The minimum atomic E-state index is -0.200. The average Bonchev–Trinajstić information content (AvgIpc) is 3.24. The van der Waals surface area contributed by atoms with Gasteiger partial charge in [-0.05, 0) is 49.6 Å². The summed E-state index contributed by atoms with van der Waals surface area (Å²) in [5.74, 6) is 0.348. The Hall–Kier alpha value is -3.15. The third-order valence-corrected chi connectivity index (χ3v) is 4.61. The number of carbonyl (C=O) groups excluding carboxylic acids is 1. The quantitative estimate of drug-likeness (QED) is 0.784. The van der Waals surface area contributed by atoms with Crippen LogP contribution in [0.4, 0.5) is 11.5 Å². The van der Waals surface area contributed by atoms with Crippen molar-refractivity contribution >= 4 is 17.4 Å². The molecule has 0 aliphatic carbocycles. The summed E-state index contributed by atoms with van der Waals surface area (Å²) < 4.78 is 1.68. The van der Waals surface area contributed by atoms with Crippen LogP contribution in [0.2, 0.25) is 0 Å². The molecule has 1 saturated heterocycles. The molecule has 26 heavy (non-hydrogen) atoms. The third-order valence-electron chi connectivity index (χ3n) is 4.61. The topological polar surface area (TPSA) is 63.1 Å². The fourth-order valence-corrected chi connectivity index (χ4v) is 3.26. The molecule has 1 aliphatic rings. The third kappa shape index (κ3) is 3.44. The molecule has 0 unspecified atom stereocenters. The van der Waals surface area contributed by atoms with E-state index in [1.165, 1.54) is 19.3 Å². The molecule has 0 spiro atoms. The normalized spacial score (nSPS) is 14.2. The van der Waals surface area contributed by atoms with Crippen molar-refractivity contribution in [1.82, 2.24) is 14.8 Å². The van der Waals surface area contributed by atoms with E-state index in [0.717, 1.165) is 24.5 Å². The van der Waals surface area contributed by atoms with Crippen molar-refractivity contribution in [3.8, 4) is 5.69 Å². The van der Waals surface area contributed by atoms with Crippen LogP contribution in [0.3, 0.4) is 0 Å². The Morgan fingerprint density at radius 2 is 1.85 bits per heavy atom. The first-order chi connectivity index (χ1) is 12.8. The maximum Gasteiger partial charge on any atom is 0.259 e. The number of pyridine rings is 1. The number of piperidine rings is 1. The number of rotatable bonds is 4. The minimum absolute atomic E-state index is 0.200. The number of anilines is 2. The molecule has 2 aromatic heterocycles. The van der Waals surface area contributed by atoms with E-state index in [1.54, 1.807) is 16.9 Å². The van der Waals surface area contributed by atoms with Crippen LogP contribution in [0.1, 0.15) is 29.6 Å². The van der Waals surface area contributed by atoms with Crippen molar-refractivity contribution in [3.63, 3.8) is 0 Å². The predicted octanol–water partition coefficient (Wildman–Crippen LogP) is 3.51. The highest BCUT2D eigenvalue weighted by Gasteiger charge is 2.14. The first-order valence-corrected chi connectivity index (χ1v) is 8.93. The molecule has 1 fully saturated rings. The molecule has 132 valence electrons. The van der Waals surface area contributed by atoms with Gasteiger partial charge in [-0.2, -0.15) is 5.10 Å². The number of hydrogen-bond donors (Lipinski definition) is 1. The largest absolute Gasteiger partial charge is 0.370 e. The van der Waals surface area contributed by atoms with Crippen molar-refractivity contribution in [2.24, 2.45) is 0 Å². The summed E-state index contributed by atoms with van der Waals surface area (Å²) in [7, 11) is 0. The van der Waals surface area contributed by atoms with E-state index in [4.69, 9.17) is 0 Å². The van der Waals surface area contributed by atoms with Crippen LogP contribution >= 0.6 is 0 Å². The molecule has 1 aromatic carbocycles. The van der Waals surface area contributed by atoms with Gasteiger partial charge in [0.2, 0.25) is 0 Å². The fourth-order valence-electron chi connectivity index (χ4n) is 3.26. The highest BCUT2D eigenvalue weighted by atomic mass is 16.1. The molecule has 1 N–H and O–H groups in total. The molecule has 3 heterocycles. The molecule has 1 aliphatic heterocycles. The Labute approximate surface area is 152 Å². The molecule has 3 aromatic rings. The van der Waals surface area contributed by atoms with Crippen LogP contribution in [0.5, 0.6) is 0 Å². The van der Waals surface area contributed by atoms with E-state index in [0.29, 0.717) is 11.4 Å². The van der Waals surface area contributed by atoms with E-state index in [2.05, 4.69) is 20.3 Å². The first-order valence-electron chi connectivity index (χ1n) is 8.93. The van der Waals surface area contributed by atoms with Gasteiger partial charge in [-0.15, -0.1) is 0 Å². The first kappa shape index (κ1) is 16.3. The lowest BCUT2D eigenvalue weighted by atomic mass is 10.1. The van der Waals surface area contributed by atoms with Gasteiger partial charge < -0.3 is 10.2 Å². The molecule has 6 heteroatoms. The van der Waals surface area contributed by atoms with Gasteiger partial charge in [0.25, 0.3) is 5.91 Å². The van der Waals surface area contributed by atoms with Gasteiger partial charge in [-0.1, -0.05) is 12.1 Å². The summed E-state index contributed by atoms with van der Waals surface area (Å²) in [6.45, 7) is 2.15. The number of nitrogens with zero attached hydrogens (tertiary/aromatic N) is 4. The highest BCUT2D eigenvalue weighted by molar-refractivity contribution is 6.06. The van der Waals surface area contributed by atoms with Crippen LogP contribution in [-0.4, -0.2) is 33.8 Å². The number of aromatic nitrogens is 3. The number of amides is 1. The van der Waals surface area contributed by atoms with Gasteiger partial charge in [-0.25, -0.2) is 9.67 Å². The number of nitrogens with one attached hydrogen (secondary N) is 1. The van der Waals surface area contributed by atoms with Crippen LogP contribution in [-0.2, 0) is 0 Å². The molecular weight excluding hydrogens is 326 g/mol. The summed E-state index contributed by atoms with van der Waals surface area (Å²) in [5, 5.41) is 7.10. The Kier molecular flexibility index (Phi) is 4.64. The minimum Gasteiger partial charge on any atom is -0.370 e. The second-order valence-electron chi connectivity index (χ2n) is 6.37. The number of hydrogen-bond acceptors (Lipinski definition) is 4. The number of benzene rings is 1. The highest BCUT2D eigenvalue weighted by Crippen LogP contribution is 2.21. The molecule has 0 radical (unpaired) electrons. The average molecular weight is 347 g/mol. The summed E-state index contributed by atoms with van der Waals surface area (Å²) in [4.78, 5) is 19.5. The number of para-hydroxylation sites is 1. The summed E-state index contributed by atoms with van der Waals surface area (Å²) >= 11 is 0.